The van der Waals surface area contributed by atoms with Crippen molar-refractivity contribution in [3.05, 3.63) is 72.3 Å². The first-order valence-electron chi connectivity index (χ1n) is 11.0. The van der Waals surface area contributed by atoms with Gasteiger partial charge in [0.25, 0.3) is 0 Å². The minimum Gasteiger partial charge on any atom is -0.505 e. The van der Waals surface area contributed by atoms with Crippen LogP contribution in [0.3, 0.4) is 0 Å². The van der Waals surface area contributed by atoms with Gasteiger partial charge < -0.3 is 19.3 Å². The Labute approximate surface area is 193 Å². The van der Waals surface area contributed by atoms with Gasteiger partial charge in [0.05, 0.1) is 24.5 Å². The van der Waals surface area contributed by atoms with Gasteiger partial charge in [0.1, 0.15) is 28.7 Å². The van der Waals surface area contributed by atoms with Gasteiger partial charge in [-0.3, -0.25) is 0 Å². The summed E-state index contributed by atoms with van der Waals surface area (Å²) in [5.41, 5.74) is 1.26. The van der Waals surface area contributed by atoms with Crippen LogP contribution in [0, 0.1) is 0 Å². The van der Waals surface area contributed by atoms with Crippen molar-refractivity contribution in [2.75, 3.05) is 13.2 Å². The molecule has 0 saturated heterocycles. The Morgan fingerprint density at radius 2 is 1.48 bits per heavy atom. The number of hydrogen-bond donors (Lipinski definition) is 1. The molecule has 7 heteroatoms. The molecule has 3 rings (SSSR count). The first-order valence-corrected chi connectivity index (χ1v) is 11.0. The largest absolute Gasteiger partial charge is 0.505 e. The van der Waals surface area contributed by atoms with Crippen LogP contribution in [-0.2, 0) is 0 Å². The third kappa shape index (κ3) is 7.35. The first-order chi connectivity index (χ1) is 16.1. The highest BCUT2D eigenvalue weighted by Gasteiger charge is 2.11. The molecule has 0 aliphatic heterocycles. The zero-order valence-corrected chi connectivity index (χ0v) is 18.9. The minimum absolute atomic E-state index is 0.147. The summed E-state index contributed by atoms with van der Waals surface area (Å²) in [6.07, 6.45) is 3.26. The number of unbranched alkanes of at least 4 members (excludes halogenated alkanes) is 2. The van der Waals surface area contributed by atoms with Crippen LogP contribution in [0.5, 0.6) is 23.0 Å². The molecule has 0 heterocycles. The van der Waals surface area contributed by atoms with E-state index in [9.17, 15) is 9.90 Å². The first kappa shape index (κ1) is 23.8. The summed E-state index contributed by atoms with van der Waals surface area (Å²) in [7, 11) is 0. The van der Waals surface area contributed by atoms with Gasteiger partial charge in [-0.15, -0.1) is 5.11 Å². The number of carbonyl (C=O) groups excluding carboxylic acids is 1. The van der Waals surface area contributed by atoms with E-state index < -0.39 is 5.97 Å². The fourth-order valence-corrected chi connectivity index (χ4v) is 2.93. The average Bonchev–Trinajstić information content (AvgIpc) is 2.83. The second-order valence-corrected chi connectivity index (χ2v) is 7.25. The summed E-state index contributed by atoms with van der Waals surface area (Å²) >= 11 is 0. The maximum absolute atomic E-state index is 12.4. The summed E-state index contributed by atoms with van der Waals surface area (Å²) in [6, 6.07) is 18.3. The molecular weight excluding hydrogens is 420 g/mol. The lowest BCUT2D eigenvalue weighted by Gasteiger charge is -2.08. The summed E-state index contributed by atoms with van der Waals surface area (Å²) < 4.78 is 16.4. The van der Waals surface area contributed by atoms with Gasteiger partial charge in [-0.1, -0.05) is 19.8 Å². The molecule has 0 radical (unpaired) electrons. The number of benzene rings is 3. The van der Waals surface area contributed by atoms with Gasteiger partial charge in [0.2, 0.25) is 0 Å². The van der Waals surface area contributed by atoms with E-state index in [2.05, 4.69) is 17.2 Å². The number of esters is 1. The molecule has 172 valence electrons. The molecule has 0 aromatic heterocycles. The number of phenols is 1. The lowest BCUT2D eigenvalue weighted by atomic mass is 10.2. The van der Waals surface area contributed by atoms with E-state index in [4.69, 9.17) is 14.2 Å². The van der Waals surface area contributed by atoms with Crippen LogP contribution in [0.2, 0.25) is 0 Å². The molecule has 0 bridgehead atoms. The monoisotopic (exact) mass is 448 g/mol. The van der Waals surface area contributed by atoms with E-state index in [1.807, 2.05) is 6.92 Å². The van der Waals surface area contributed by atoms with Crippen LogP contribution in [0.1, 0.15) is 43.5 Å². The third-order valence-corrected chi connectivity index (χ3v) is 4.68. The van der Waals surface area contributed by atoms with Crippen LogP contribution < -0.4 is 14.2 Å². The average molecular weight is 449 g/mol. The van der Waals surface area contributed by atoms with Gasteiger partial charge in [-0.2, -0.15) is 5.11 Å². The molecule has 33 heavy (non-hydrogen) atoms. The van der Waals surface area contributed by atoms with Crippen molar-refractivity contribution in [1.29, 1.82) is 0 Å². The van der Waals surface area contributed by atoms with Crippen molar-refractivity contribution in [3.63, 3.8) is 0 Å². The van der Waals surface area contributed by atoms with Gasteiger partial charge in [-0.05, 0) is 74.0 Å². The molecule has 0 unspecified atom stereocenters. The molecule has 0 atom stereocenters. The summed E-state index contributed by atoms with van der Waals surface area (Å²) in [4.78, 5) is 12.4. The number of ether oxygens (including phenoxy) is 3. The smallest absolute Gasteiger partial charge is 0.343 e. The number of phenolic OH excluding ortho intramolecular Hbond substituents is 1. The predicted octanol–water partition coefficient (Wildman–Crippen LogP) is 6.99. The van der Waals surface area contributed by atoms with Gasteiger partial charge in [0, 0.05) is 6.07 Å². The van der Waals surface area contributed by atoms with Gasteiger partial charge in [-0.25, -0.2) is 4.79 Å². The Hall–Kier alpha value is -3.87. The molecule has 7 nitrogen and oxygen atoms in total. The van der Waals surface area contributed by atoms with Crippen LogP contribution in [-0.4, -0.2) is 24.3 Å². The number of aromatic hydroxyl groups is 1. The standard InChI is InChI=1S/C26H28N2O5/c1-3-5-6-17-32-22-11-7-19(8-12-22)26(30)33-23-15-16-24(25(29)18-23)28-27-20-9-13-21(14-10-20)31-4-2/h7-16,18,29H,3-6,17H2,1-2H3. The fourth-order valence-electron chi connectivity index (χ4n) is 2.93. The maximum atomic E-state index is 12.4. The second-order valence-electron chi connectivity index (χ2n) is 7.25. The summed E-state index contributed by atoms with van der Waals surface area (Å²) in [5, 5.41) is 18.4. The number of hydrogen-bond acceptors (Lipinski definition) is 7. The van der Waals surface area contributed by atoms with Crippen molar-refractivity contribution in [2.24, 2.45) is 10.2 Å². The second kappa shape index (κ2) is 12.2. The quantitative estimate of drug-likeness (QED) is 0.148. The summed E-state index contributed by atoms with van der Waals surface area (Å²) in [5.74, 6) is 0.987. The number of azo groups is 1. The molecule has 3 aromatic carbocycles. The molecule has 0 amide bonds. The van der Waals surface area contributed by atoms with Crippen LogP contribution >= 0.6 is 0 Å². The number of nitrogens with zero attached hydrogens (tertiary/aromatic N) is 2. The molecule has 0 saturated carbocycles. The fraction of sp³-hybridized carbons (Fsp3) is 0.269. The lowest BCUT2D eigenvalue weighted by molar-refractivity contribution is 0.0734. The van der Waals surface area contributed by atoms with Crippen molar-refractivity contribution < 1.29 is 24.1 Å². The molecule has 3 aromatic rings. The van der Waals surface area contributed by atoms with E-state index in [0.717, 1.165) is 25.0 Å². The highest BCUT2D eigenvalue weighted by Crippen LogP contribution is 2.32. The molecule has 0 spiro atoms. The van der Waals surface area contributed by atoms with Crippen LogP contribution in [0.4, 0.5) is 11.4 Å². The van der Waals surface area contributed by atoms with Gasteiger partial charge in [0.15, 0.2) is 0 Å². The number of rotatable bonds is 11. The van der Waals surface area contributed by atoms with E-state index in [1.54, 1.807) is 54.6 Å². The Kier molecular flexibility index (Phi) is 8.82. The Morgan fingerprint density at radius 1 is 0.818 bits per heavy atom. The number of carbonyl (C=O) groups is 1. The SMILES string of the molecule is CCCCCOc1ccc(C(=O)Oc2ccc(N=Nc3ccc(OCC)cc3)c(O)c2)cc1. The van der Waals surface area contributed by atoms with Crippen molar-refractivity contribution in [1.82, 2.24) is 0 Å². The molecular formula is C26H28N2O5. The highest BCUT2D eigenvalue weighted by molar-refractivity contribution is 5.91. The maximum Gasteiger partial charge on any atom is 0.343 e. The Bertz CT molecular complexity index is 1060. The van der Waals surface area contributed by atoms with Crippen molar-refractivity contribution in [3.8, 4) is 23.0 Å². The van der Waals surface area contributed by atoms with E-state index in [-0.39, 0.29) is 17.2 Å². The predicted molar refractivity (Wildman–Crippen MR) is 126 cm³/mol. The molecule has 0 aliphatic carbocycles. The van der Waals surface area contributed by atoms with E-state index >= 15 is 0 Å². The van der Waals surface area contributed by atoms with Crippen LogP contribution in [0.15, 0.2) is 77.0 Å². The molecule has 0 aliphatic rings. The summed E-state index contributed by atoms with van der Waals surface area (Å²) in [6.45, 7) is 5.29. The van der Waals surface area contributed by atoms with E-state index in [1.165, 1.54) is 12.1 Å². The Balaban J connectivity index is 1.57. The molecule has 0 fully saturated rings. The third-order valence-electron chi connectivity index (χ3n) is 4.68. The topological polar surface area (TPSA) is 89.7 Å². The lowest BCUT2D eigenvalue weighted by Crippen LogP contribution is -2.08. The normalized spacial score (nSPS) is 10.8. The van der Waals surface area contributed by atoms with Gasteiger partial charge >= 0.3 is 5.97 Å². The zero-order valence-electron chi connectivity index (χ0n) is 18.9. The molecule has 1 N–H and O–H groups in total. The minimum atomic E-state index is -0.532. The zero-order chi connectivity index (χ0) is 23.5. The van der Waals surface area contributed by atoms with Crippen molar-refractivity contribution >= 4 is 17.3 Å². The van der Waals surface area contributed by atoms with Crippen molar-refractivity contribution in [2.45, 2.75) is 33.1 Å². The highest BCUT2D eigenvalue weighted by atomic mass is 16.5. The van der Waals surface area contributed by atoms with Crippen LogP contribution in [0.25, 0.3) is 0 Å². The van der Waals surface area contributed by atoms with E-state index in [0.29, 0.717) is 30.2 Å². The Morgan fingerprint density at radius 3 is 2.15 bits per heavy atom.